The van der Waals surface area contributed by atoms with E-state index < -0.39 is 17.9 Å². The van der Waals surface area contributed by atoms with Crippen molar-refractivity contribution in [2.75, 3.05) is 24.4 Å². The Kier molecular flexibility index (Phi) is 5.80. The summed E-state index contributed by atoms with van der Waals surface area (Å²) in [6, 6.07) is 13.7. The number of aromatic nitrogens is 2. The van der Waals surface area contributed by atoms with Crippen molar-refractivity contribution in [3.63, 3.8) is 0 Å². The highest BCUT2D eigenvalue weighted by Gasteiger charge is 2.29. The maximum atomic E-state index is 12.9. The van der Waals surface area contributed by atoms with Gasteiger partial charge in [0, 0.05) is 5.69 Å². The molecule has 0 saturated carbocycles. The molecule has 164 valence electrons. The van der Waals surface area contributed by atoms with Crippen molar-refractivity contribution in [1.29, 1.82) is 0 Å². The number of methoxy groups -OCH3 is 1. The third kappa shape index (κ3) is 4.13. The Morgan fingerprint density at radius 1 is 1.12 bits per heavy atom. The summed E-state index contributed by atoms with van der Waals surface area (Å²) in [5, 5.41) is 19.6. The molecule has 3 aromatic rings. The van der Waals surface area contributed by atoms with E-state index in [1.54, 1.807) is 54.3 Å². The summed E-state index contributed by atoms with van der Waals surface area (Å²) >= 11 is 0. The standard InChI is InChI=1S/C23H22N4O5/c1-3-32-17-10-6-15(7-11-17)25-22(28)18-13-24-27-20(12-19(23(29)30)26-21(18)27)14-4-8-16(31-2)9-5-14/h4-13,20,26H,3H2,1-2H3,(H,25,28)(H,29,30). The van der Waals surface area contributed by atoms with Crippen LogP contribution in [0.5, 0.6) is 11.5 Å². The normalized spacial score (nSPS) is 14.6. The molecule has 1 aromatic heterocycles. The van der Waals surface area contributed by atoms with Crippen LogP contribution in [0.3, 0.4) is 0 Å². The monoisotopic (exact) mass is 434 g/mol. The highest BCUT2D eigenvalue weighted by Crippen LogP contribution is 2.33. The number of amides is 1. The molecule has 1 unspecified atom stereocenters. The van der Waals surface area contributed by atoms with Gasteiger partial charge in [-0.1, -0.05) is 12.1 Å². The van der Waals surface area contributed by atoms with Crippen molar-refractivity contribution in [3.05, 3.63) is 77.6 Å². The summed E-state index contributed by atoms with van der Waals surface area (Å²) in [5.41, 5.74) is 1.57. The number of allylic oxidation sites excluding steroid dienone is 1. The molecular formula is C23H22N4O5. The van der Waals surface area contributed by atoms with E-state index in [9.17, 15) is 14.7 Å². The Morgan fingerprint density at radius 3 is 2.44 bits per heavy atom. The number of nitrogens with zero attached hydrogens (tertiary/aromatic N) is 2. The lowest BCUT2D eigenvalue weighted by Gasteiger charge is -2.24. The van der Waals surface area contributed by atoms with Crippen LogP contribution in [0.4, 0.5) is 11.5 Å². The molecule has 0 aliphatic carbocycles. The van der Waals surface area contributed by atoms with Gasteiger partial charge in [0.05, 0.1) is 26.0 Å². The van der Waals surface area contributed by atoms with Gasteiger partial charge in [0.2, 0.25) is 0 Å². The number of rotatable bonds is 7. The molecule has 2 aromatic carbocycles. The number of carboxylic acids is 1. The van der Waals surface area contributed by atoms with E-state index in [4.69, 9.17) is 9.47 Å². The summed E-state index contributed by atoms with van der Waals surface area (Å²) in [4.78, 5) is 24.7. The Morgan fingerprint density at radius 2 is 1.81 bits per heavy atom. The molecule has 2 heterocycles. The van der Waals surface area contributed by atoms with Crippen LogP contribution in [0.15, 0.2) is 66.5 Å². The summed E-state index contributed by atoms with van der Waals surface area (Å²) in [7, 11) is 1.57. The lowest BCUT2D eigenvalue weighted by atomic mass is 10.0. The molecule has 1 aliphatic rings. The van der Waals surface area contributed by atoms with Crippen LogP contribution in [-0.2, 0) is 4.79 Å². The fourth-order valence-corrected chi connectivity index (χ4v) is 3.42. The van der Waals surface area contributed by atoms with E-state index in [2.05, 4.69) is 15.7 Å². The molecule has 0 saturated heterocycles. The van der Waals surface area contributed by atoms with Crippen molar-refractivity contribution in [3.8, 4) is 11.5 Å². The van der Waals surface area contributed by atoms with E-state index in [0.29, 0.717) is 29.6 Å². The zero-order chi connectivity index (χ0) is 22.7. The van der Waals surface area contributed by atoms with Crippen molar-refractivity contribution >= 4 is 23.4 Å². The second-order valence-electron chi connectivity index (χ2n) is 6.99. The van der Waals surface area contributed by atoms with Crippen molar-refractivity contribution in [2.45, 2.75) is 13.0 Å². The number of benzene rings is 2. The van der Waals surface area contributed by atoms with E-state index in [1.807, 2.05) is 19.1 Å². The Bertz CT molecular complexity index is 1170. The predicted octanol–water partition coefficient (Wildman–Crippen LogP) is 3.53. The zero-order valence-electron chi connectivity index (χ0n) is 17.5. The van der Waals surface area contributed by atoms with Gasteiger partial charge in [-0.3, -0.25) is 4.79 Å². The summed E-state index contributed by atoms with van der Waals surface area (Å²) in [6.07, 6.45) is 2.97. The molecule has 0 bridgehead atoms. The van der Waals surface area contributed by atoms with Gasteiger partial charge in [-0.15, -0.1) is 0 Å². The molecule has 0 spiro atoms. The molecule has 1 atom stereocenters. The average molecular weight is 434 g/mol. The highest BCUT2D eigenvalue weighted by atomic mass is 16.5. The SMILES string of the molecule is CCOc1ccc(NC(=O)c2cnn3c2NC(C(=O)O)=CC3c2ccc(OC)cc2)cc1. The van der Waals surface area contributed by atoms with Crippen LogP contribution in [0.1, 0.15) is 28.9 Å². The average Bonchev–Trinajstić information content (AvgIpc) is 3.24. The molecule has 3 N–H and O–H groups in total. The van der Waals surface area contributed by atoms with Gasteiger partial charge in [-0.25, -0.2) is 9.48 Å². The molecule has 0 radical (unpaired) electrons. The summed E-state index contributed by atoms with van der Waals surface area (Å²) in [6.45, 7) is 2.44. The van der Waals surface area contributed by atoms with Gasteiger partial charge in [0.1, 0.15) is 28.6 Å². The van der Waals surface area contributed by atoms with E-state index >= 15 is 0 Å². The summed E-state index contributed by atoms with van der Waals surface area (Å²) < 4.78 is 12.2. The number of carboxylic acid groups (broad SMARTS) is 1. The number of anilines is 2. The van der Waals surface area contributed by atoms with Gasteiger partial charge >= 0.3 is 5.97 Å². The number of ether oxygens (including phenoxy) is 2. The third-order valence-corrected chi connectivity index (χ3v) is 4.99. The van der Waals surface area contributed by atoms with Crippen molar-refractivity contribution < 1.29 is 24.2 Å². The van der Waals surface area contributed by atoms with Gasteiger partial charge in [0.25, 0.3) is 5.91 Å². The maximum Gasteiger partial charge on any atom is 0.352 e. The molecule has 9 heteroatoms. The van der Waals surface area contributed by atoms with Crippen LogP contribution in [-0.4, -0.2) is 40.5 Å². The molecule has 9 nitrogen and oxygen atoms in total. The van der Waals surface area contributed by atoms with Crippen LogP contribution in [0, 0.1) is 0 Å². The first-order valence-electron chi connectivity index (χ1n) is 9.98. The number of aliphatic carboxylic acids is 1. The number of hydrogen-bond acceptors (Lipinski definition) is 6. The smallest absolute Gasteiger partial charge is 0.352 e. The van der Waals surface area contributed by atoms with Crippen LogP contribution in [0.2, 0.25) is 0 Å². The Hall–Kier alpha value is -4.27. The molecule has 32 heavy (non-hydrogen) atoms. The molecule has 4 rings (SSSR count). The minimum atomic E-state index is -1.13. The van der Waals surface area contributed by atoms with E-state index in [0.717, 1.165) is 5.56 Å². The lowest BCUT2D eigenvalue weighted by Crippen LogP contribution is -2.25. The van der Waals surface area contributed by atoms with Gasteiger partial charge in [-0.2, -0.15) is 5.10 Å². The molecule has 1 amide bonds. The van der Waals surface area contributed by atoms with Gasteiger partial charge < -0.3 is 25.2 Å². The zero-order valence-corrected chi connectivity index (χ0v) is 17.5. The first kappa shape index (κ1) is 21.0. The Labute approximate surface area is 184 Å². The molecular weight excluding hydrogens is 412 g/mol. The number of fused-ring (bicyclic) bond motifs is 1. The minimum absolute atomic E-state index is 0.0334. The fraction of sp³-hybridized carbons (Fsp3) is 0.174. The number of carbonyl (C=O) groups excluding carboxylic acids is 1. The quantitative estimate of drug-likeness (QED) is 0.521. The number of nitrogens with one attached hydrogen (secondary N) is 2. The first-order valence-corrected chi connectivity index (χ1v) is 9.98. The lowest BCUT2D eigenvalue weighted by molar-refractivity contribution is -0.132. The minimum Gasteiger partial charge on any atom is -0.497 e. The third-order valence-electron chi connectivity index (χ3n) is 4.99. The maximum absolute atomic E-state index is 12.9. The van der Waals surface area contributed by atoms with Crippen LogP contribution in [0.25, 0.3) is 0 Å². The van der Waals surface area contributed by atoms with E-state index in [1.165, 1.54) is 6.20 Å². The second kappa shape index (κ2) is 8.84. The van der Waals surface area contributed by atoms with Crippen LogP contribution < -0.4 is 20.1 Å². The topological polar surface area (TPSA) is 115 Å². The highest BCUT2D eigenvalue weighted by molar-refractivity contribution is 6.08. The number of hydrogen-bond donors (Lipinski definition) is 3. The fourth-order valence-electron chi connectivity index (χ4n) is 3.42. The van der Waals surface area contributed by atoms with Gasteiger partial charge in [0.15, 0.2) is 0 Å². The second-order valence-corrected chi connectivity index (χ2v) is 6.99. The van der Waals surface area contributed by atoms with Crippen LogP contribution >= 0.6 is 0 Å². The predicted molar refractivity (Wildman–Crippen MR) is 118 cm³/mol. The molecule has 0 fully saturated rings. The van der Waals surface area contributed by atoms with Gasteiger partial charge in [-0.05, 0) is 55.0 Å². The largest absolute Gasteiger partial charge is 0.497 e. The molecule has 1 aliphatic heterocycles. The number of carbonyl (C=O) groups is 2. The van der Waals surface area contributed by atoms with Crippen molar-refractivity contribution in [1.82, 2.24) is 9.78 Å². The summed E-state index contributed by atoms with van der Waals surface area (Å²) in [5.74, 6) is 0.140. The first-order chi connectivity index (χ1) is 15.5. The van der Waals surface area contributed by atoms with Crippen molar-refractivity contribution in [2.24, 2.45) is 0 Å². The van der Waals surface area contributed by atoms with E-state index in [-0.39, 0.29) is 11.3 Å². The Balaban J connectivity index is 1.64.